The highest BCUT2D eigenvalue weighted by Crippen LogP contribution is 2.29. The Bertz CT molecular complexity index is 1110. The predicted octanol–water partition coefficient (Wildman–Crippen LogP) is 3.96. The van der Waals surface area contributed by atoms with Gasteiger partial charge in [-0.15, -0.1) is 0 Å². The molecule has 1 aliphatic heterocycles. The van der Waals surface area contributed by atoms with E-state index < -0.39 is 11.7 Å². The summed E-state index contributed by atoms with van der Waals surface area (Å²) in [5.74, 6) is -0.983. The van der Waals surface area contributed by atoms with Crippen molar-refractivity contribution in [2.45, 2.75) is 32.5 Å². The van der Waals surface area contributed by atoms with E-state index in [0.717, 1.165) is 43.0 Å². The number of primary amides is 1. The molecular formula is C25H27FN4O2. The molecule has 7 heteroatoms. The maximum Gasteiger partial charge on any atom is 0.254 e. The fourth-order valence-corrected chi connectivity index (χ4v) is 4.21. The number of nitrogens with one attached hydrogen (secondary N) is 1. The van der Waals surface area contributed by atoms with E-state index in [2.05, 4.69) is 53.3 Å². The number of pyridine rings is 1. The number of piperazine rings is 1. The highest BCUT2D eigenvalue weighted by atomic mass is 19.1. The van der Waals surface area contributed by atoms with Crippen LogP contribution in [0.3, 0.4) is 0 Å². The van der Waals surface area contributed by atoms with Gasteiger partial charge in [0, 0.05) is 31.7 Å². The number of amides is 1. The Balaban J connectivity index is 1.54. The Hall–Kier alpha value is -3.29. The highest BCUT2D eigenvalue weighted by molar-refractivity contribution is 5.95. The van der Waals surface area contributed by atoms with Crippen molar-refractivity contribution >= 4 is 5.91 Å². The van der Waals surface area contributed by atoms with E-state index in [1.807, 2.05) is 18.2 Å². The third kappa shape index (κ3) is 5.30. The molecule has 32 heavy (non-hydrogen) atoms. The largest absolute Gasteiger partial charge is 0.438 e. The first-order valence-corrected chi connectivity index (χ1v) is 10.7. The fraction of sp³-hybridized carbons (Fsp3) is 0.280. The van der Waals surface area contributed by atoms with Crippen LogP contribution < -0.4 is 15.8 Å². The molecule has 2 heterocycles. The van der Waals surface area contributed by atoms with Crippen molar-refractivity contribution in [3.8, 4) is 22.8 Å². The molecule has 0 spiro atoms. The molecule has 2 aromatic carbocycles. The fourth-order valence-electron chi connectivity index (χ4n) is 4.21. The van der Waals surface area contributed by atoms with Crippen LogP contribution in [0.25, 0.3) is 11.1 Å². The van der Waals surface area contributed by atoms with Crippen LogP contribution in [0.1, 0.15) is 29.8 Å². The van der Waals surface area contributed by atoms with E-state index >= 15 is 0 Å². The van der Waals surface area contributed by atoms with Gasteiger partial charge in [0.05, 0.1) is 6.20 Å². The SMILES string of the molecule is C[C@@H]1CN(Cc2cccc(-c3cccc(Oc4ncc(F)cc4C(N)=O)c3)c2)C[C@H](C)N1. The topological polar surface area (TPSA) is 80.5 Å². The summed E-state index contributed by atoms with van der Waals surface area (Å²) in [6.45, 7) is 7.35. The average Bonchev–Trinajstić information content (AvgIpc) is 2.74. The van der Waals surface area contributed by atoms with Gasteiger partial charge in [-0.3, -0.25) is 9.69 Å². The number of carbonyl (C=O) groups is 1. The summed E-state index contributed by atoms with van der Waals surface area (Å²) >= 11 is 0. The van der Waals surface area contributed by atoms with Crippen molar-refractivity contribution in [3.63, 3.8) is 0 Å². The van der Waals surface area contributed by atoms with Crippen LogP contribution in [0.15, 0.2) is 60.8 Å². The number of carbonyl (C=O) groups excluding carboxylic acids is 1. The minimum atomic E-state index is -0.799. The molecule has 1 aliphatic rings. The third-order valence-electron chi connectivity index (χ3n) is 5.43. The number of ether oxygens (including phenoxy) is 1. The highest BCUT2D eigenvalue weighted by Gasteiger charge is 2.21. The zero-order chi connectivity index (χ0) is 22.7. The Morgan fingerprint density at radius 2 is 1.81 bits per heavy atom. The van der Waals surface area contributed by atoms with E-state index in [-0.39, 0.29) is 11.4 Å². The molecule has 0 radical (unpaired) electrons. The summed E-state index contributed by atoms with van der Waals surface area (Å²) in [5, 5.41) is 3.56. The molecule has 6 nitrogen and oxygen atoms in total. The lowest BCUT2D eigenvalue weighted by molar-refractivity contribution is 0.0997. The molecule has 1 saturated heterocycles. The van der Waals surface area contributed by atoms with Crippen molar-refractivity contribution in [2.24, 2.45) is 5.73 Å². The van der Waals surface area contributed by atoms with Crippen LogP contribution in [0.4, 0.5) is 4.39 Å². The number of benzene rings is 2. The van der Waals surface area contributed by atoms with Gasteiger partial charge in [-0.05, 0) is 54.8 Å². The molecule has 166 valence electrons. The van der Waals surface area contributed by atoms with Crippen molar-refractivity contribution in [2.75, 3.05) is 13.1 Å². The first-order chi connectivity index (χ1) is 15.4. The number of hydrogen-bond donors (Lipinski definition) is 2. The number of aromatic nitrogens is 1. The molecule has 3 N–H and O–H groups in total. The first-order valence-electron chi connectivity index (χ1n) is 10.7. The molecule has 3 aromatic rings. The van der Waals surface area contributed by atoms with Crippen molar-refractivity contribution in [1.82, 2.24) is 15.2 Å². The Morgan fingerprint density at radius 1 is 1.12 bits per heavy atom. The standard InChI is InChI=1S/C25H27FN4O2/c1-16-13-30(14-17(2)29-16)15-18-5-3-6-19(9-18)20-7-4-8-22(10-20)32-25-23(24(27)31)11-21(26)12-28-25/h3-12,16-17,29H,13-15H2,1-2H3,(H2,27,31)/t16-,17+. The smallest absolute Gasteiger partial charge is 0.254 e. The zero-order valence-corrected chi connectivity index (χ0v) is 18.2. The minimum Gasteiger partial charge on any atom is -0.438 e. The Labute approximate surface area is 187 Å². The van der Waals surface area contributed by atoms with E-state index in [4.69, 9.17) is 10.5 Å². The predicted molar refractivity (Wildman–Crippen MR) is 122 cm³/mol. The lowest BCUT2D eigenvalue weighted by atomic mass is 10.0. The van der Waals surface area contributed by atoms with Crippen molar-refractivity contribution in [3.05, 3.63) is 77.7 Å². The van der Waals surface area contributed by atoms with E-state index in [9.17, 15) is 9.18 Å². The third-order valence-corrected chi connectivity index (χ3v) is 5.43. The second-order valence-electron chi connectivity index (χ2n) is 8.36. The molecule has 1 fully saturated rings. The molecule has 1 aromatic heterocycles. The first kappa shape index (κ1) is 21.9. The Kier molecular flexibility index (Phi) is 6.48. The monoisotopic (exact) mass is 434 g/mol. The van der Waals surface area contributed by atoms with Crippen LogP contribution in [0, 0.1) is 5.82 Å². The maximum atomic E-state index is 13.4. The molecule has 0 aliphatic carbocycles. The van der Waals surface area contributed by atoms with Crippen molar-refractivity contribution < 1.29 is 13.9 Å². The second kappa shape index (κ2) is 9.46. The van der Waals surface area contributed by atoms with Crippen LogP contribution in [-0.2, 0) is 6.54 Å². The maximum absolute atomic E-state index is 13.4. The number of nitrogens with zero attached hydrogens (tertiary/aromatic N) is 2. The quantitative estimate of drug-likeness (QED) is 0.614. The van der Waals surface area contributed by atoms with Gasteiger partial charge in [0.1, 0.15) is 17.1 Å². The number of nitrogens with two attached hydrogens (primary N) is 1. The number of hydrogen-bond acceptors (Lipinski definition) is 5. The number of halogens is 1. The molecule has 2 atom stereocenters. The molecule has 0 bridgehead atoms. The molecule has 4 rings (SSSR count). The van der Waals surface area contributed by atoms with Gasteiger partial charge in [-0.25, -0.2) is 9.37 Å². The summed E-state index contributed by atoms with van der Waals surface area (Å²) in [4.78, 5) is 18.0. The van der Waals surface area contributed by atoms with Gasteiger partial charge in [0.25, 0.3) is 5.91 Å². The van der Waals surface area contributed by atoms with Crippen LogP contribution >= 0.6 is 0 Å². The van der Waals surface area contributed by atoms with E-state index in [1.54, 1.807) is 6.07 Å². The van der Waals surface area contributed by atoms with Gasteiger partial charge in [0.15, 0.2) is 0 Å². The van der Waals surface area contributed by atoms with Gasteiger partial charge in [-0.1, -0.05) is 30.3 Å². The molecule has 0 unspecified atom stereocenters. The van der Waals surface area contributed by atoms with Crippen LogP contribution in [-0.4, -0.2) is 41.0 Å². The molecule has 1 amide bonds. The van der Waals surface area contributed by atoms with Gasteiger partial charge >= 0.3 is 0 Å². The molecular weight excluding hydrogens is 407 g/mol. The second-order valence-corrected chi connectivity index (χ2v) is 8.36. The summed E-state index contributed by atoms with van der Waals surface area (Å²) in [6.07, 6.45) is 0.993. The summed E-state index contributed by atoms with van der Waals surface area (Å²) in [6, 6.07) is 17.9. The molecule has 0 saturated carbocycles. The van der Waals surface area contributed by atoms with Crippen molar-refractivity contribution in [1.29, 1.82) is 0 Å². The average molecular weight is 435 g/mol. The van der Waals surface area contributed by atoms with Gasteiger partial charge < -0.3 is 15.8 Å². The van der Waals surface area contributed by atoms with Gasteiger partial charge in [0.2, 0.25) is 5.88 Å². The normalized spacial score (nSPS) is 19.0. The van der Waals surface area contributed by atoms with Crippen LogP contribution in [0.2, 0.25) is 0 Å². The lowest BCUT2D eigenvalue weighted by Crippen LogP contribution is -2.53. The number of rotatable bonds is 6. The Morgan fingerprint density at radius 3 is 2.53 bits per heavy atom. The van der Waals surface area contributed by atoms with E-state index in [1.165, 1.54) is 5.56 Å². The summed E-state index contributed by atoms with van der Waals surface area (Å²) in [5.41, 5.74) is 8.51. The van der Waals surface area contributed by atoms with Gasteiger partial charge in [-0.2, -0.15) is 0 Å². The summed E-state index contributed by atoms with van der Waals surface area (Å²) in [7, 11) is 0. The lowest BCUT2D eigenvalue weighted by Gasteiger charge is -2.36. The zero-order valence-electron chi connectivity index (χ0n) is 18.2. The summed E-state index contributed by atoms with van der Waals surface area (Å²) < 4.78 is 19.2. The minimum absolute atomic E-state index is 0.0215. The van der Waals surface area contributed by atoms with E-state index in [0.29, 0.717) is 17.8 Å². The van der Waals surface area contributed by atoms with Crippen LogP contribution in [0.5, 0.6) is 11.6 Å².